The van der Waals surface area contributed by atoms with Crippen LogP contribution in [0.1, 0.15) is 10.9 Å². The molecule has 2 rings (SSSR count). The molecule has 12 heavy (non-hydrogen) atoms. The van der Waals surface area contributed by atoms with Crippen LogP contribution in [0.15, 0.2) is 22.7 Å². The quantitative estimate of drug-likeness (QED) is 0.701. The van der Waals surface area contributed by atoms with E-state index in [4.69, 9.17) is 11.6 Å². The molecule has 0 saturated carbocycles. The zero-order valence-corrected chi connectivity index (χ0v) is 8.32. The fraction of sp³-hybridized carbons (Fsp3) is 0.125. The van der Waals surface area contributed by atoms with Gasteiger partial charge in [-0.1, -0.05) is 15.9 Å². The first-order valence-corrected chi connectivity index (χ1v) is 4.66. The summed E-state index contributed by atoms with van der Waals surface area (Å²) < 4.78 is 0.934. The maximum Gasteiger partial charge on any atom is 0.247 e. The summed E-state index contributed by atoms with van der Waals surface area (Å²) in [7, 11) is 0. The predicted molar refractivity (Wildman–Crippen MR) is 51.4 cm³/mol. The second-order valence-electron chi connectivity index (χ2n) is 2.58. The van der Waals surface area contributed by atoms with E-state index < -0.39 is 5.38 Å². The van der Waals surface area contributed by atoms with Crippen molar-refractivity contribution >= 4 is 39.1 Å². The minimum atomic E-state index is -0.544. The van der Waals surface area contributed by atoms with Gasteiger partial charge in [-0.25, -0.2) is 0 Å². The Labute approximate surface area is 83.0 Å². The molecule has 1 atom stereocenters. The van der Waals surface area contributed by atoms with Crippen molar-refractivity contribution in [3.63, 3.8) is 0 Å². The SMILES string of the molecule is O=C1Nc2ccc(Br)cc2C1Cl. The second kappa shape index (κ2) is 2.75. The van der Waals surface area contributed by atoms with Crippen LogP contribution < -0.4 is 5.32 Å². The number of carbonyl (C=O) groups excluding carboxylic acids is 1. The molecule has 1 heterocycles. The van der Waals surface area contributed by atoms with Crippen molar-refractivity contribution in [1.82, 2.24) is 0 Å². The zero-order valence-electron chi connectivity index (χ0n) is 5.97. The van der Waals surface area contributed by atoms with E-state index in [0.29, 0.717) is 0 Å². The third kappa shape index (κ3) is 1.13. The van der Waals surface area contributed by atoms with Crippen LogP contribution in [0.25, 0.3) is 0 Å². The molecular formula is C8H5BrClNO. The van der Waals surface area contributed by atoms with Crippen molar-refractivity contribution in [3.05, 3.63) is 28.2 Å². The minimum Gasteiger partial charge on any atom is -0.324 e. The molecule has 4 heteroatoms. The molecule has 0 spiro atoms. The first-order valence-electron chi connectivity index (χ1n) is 3.43. The Kier molecular flexibility index (Phi) is 1.85. The summed E-state index contributed by atoms with van der Waals surface area (Å²) in [6.45, 7) is 0. The van der Waals surface area contributed by atoms with Crippen molar-refractivity contribution in [3.8, 4) is 0 Å². The van der Waals surface area contributed by atoms with Crippen LogP contribution in [0.3, 0.4) is 0 Å². The molecule has 1 amide bonds. The number of fused-ring (bicyclic) bond motifs is 1. The minimum absolute atomic E-state index is 0.148. The van der Waals surface area contributed by atoms with Crippen LogP contribution in [0.5, 0.6) is 0 Å². The topological polar surface area (TPSA) is 29.1 Å². The molecule has 1 aromatic carbocycles. The molecule has 1 aromatic rings. The average Bonchev–Trinajstić information content (AvgIpc) is 2.31. The van der Waals surface area contributed by atoms with Crippen LogP contribution in [0.2, 0.25) is 0 Å². The number of alkyl halides is 1. The van der Waals surface area contributed by atoms with Gasteiger partial charge in [0.15, 0.2) is 0 Å². The van der Waals surface area contributed by atoms with E-state index in [9.17, 15) is 4.79 Å². The van der Waals surface area contributed by atoms with E-state index in [1.54, 1.807) is 0 Å². The molecule has 0 fully saturated rings. The van der Waals surface area contributed by atoms with Crippen molar-refractivity contribution in [2.45, 2.75) is 5.38 Å². The molecular weight excluding hydrogens is 241 g/mol. The van der Waals surface area contributed by atoms with Crippen LogP contribution in [0, 0.1) is 0 Å². The van der Waals surface area contributed by atoms with Gasteiger partial charge in [0.1, 0.15) is 5.38 Å². The van der Waals surface area contributed by atoms with Gasteiger partial charge in [-0.05, 0) is 18.2 Å². The normalized spacial score (nSPS) is 20.5. The van der Waals surface area contributed by atoms with E-state index in [0.717, 1.165) is 15.7 Å². The van der Waals surface area contributed by atoms with Gasteiger partial charge in [0.25, 0.3) is 0 Å². The summed E-state index contributed by atoms with van der Waals surface area (Å²) in [6.07, 6.45) is 0. The number of benzene rings is 1. The molecule has 0 saturated heterocycles. The van der Waals surface area contributed by atoms with Gasteiger partial charge in [-0.2, -0.15) is 0 Å². The maximum absolute atomic E-state index is 11.1. The summed E-state index contributed by atoms with van der Waals surface area (Å²) in [5.74, 6) is -0.148. The molecule has 0 aromatic heterocycles. The summed E-state index contributed by atoms with van der Waals surface area (Å²) in [5.41, 5.74) is 1.65. The molecule has 62 valence electrons. The van der Waals surface area contributed by atoms with Gasteiger partial charge < -0.3 is 5.32 Å². The number of anilines is 1. The Balaban J connectivity index is 2.55. The molecule has 1 N–H and O–H groups in total. The fourth-order valence-electron chi connectivity index (χ4n) is 1.19. The summed E-state index contributed by atoms with van der Waals surface area (Å²) in [6, 6.07) is 5.55. The number of hydrogen-bond donors (Lipinski definition) is 1. The second-order valence-corrected chi connectivity index (χ2v) is 3.94. The molecule has 1 aliphatic heterocycles. The molecule has 1 aliphatic rings. The van der Waals surface area contributed by atoms with Crippen LogP contribution in [-0.2, 0) is 4.79 Å². The fourth-order valence-corrected chi connectivity index (χ4v) is 1.81. The van der Waals surface area contributed by atoms with E-state index in [2.05, 4.69) is 21.2 Å². The van der Waals surface area contributed by atoms with Crippen molar-refractivity contribution in [2.24, 2.45) is 0 Å². The molecule has 0 bridgehead atoms. The summed E-state index contributed by atoms with van der Waals surface area (Å²) >= 11 is 9.15. The largest absolute Gasteiger partial charge is 0.324 e. The van der Waals surface area contributed by atoms with Gasteiger partial charge in [0.2, 0.25) is 5.91 Å². The Bertz CT molecular complexity index is 353. The van der Waals surface area contributed by atoms with E-state index in [-0.39, 0.29) is 5.91 Å². The van der Waals surface area contributed by atoms with Gasteiger partial charge in [-0.3, -0.25) is 4.79 Å². The van der Waals surface area contributed by atoms with Crippen molar-refractivity contribution in [2.75, 3.05) is 5.32 Å². The number of halogens is 2. The molecule has 1 unspecified atom stereocenters. The van der Waals surface area contributed by atoms with E-state index >= 15 is 0 Å². The zero-order chi connectivity index (χ0) is 8.72. The van der Waals surface area contributed by atoms with Crippen LogP contribution in [0.4, 0.5) is 5.69 Å². The van der Waals surface area contributed by atoms with Gasteiger partial charge in [0, 0.05) is 15.7 Å². The lowest BCUT2D eigenvalue weighted by molar-refractivity contribution is -0.115. The Morgan fingerprint density at radius 2 is 2.25 bits per heavy atom. The number of amides is 1. The number of carbonyl (C=O) groups is 1. The first kappa shape index (κ1) is 8.08. The average molecular weight is 246 g/mol. The van der Waals surface area contributed by atoms with Gasteiger partial charge in [0.05, 0.1) is 0 Å². The maximum atomic E-state index is 11.1. The Morgan fingerprint density at radius 3 is 3.00 bits per heavy atom. The molecule has 0 aliphatic carbocycles. The predicted octanol–water partition coefficient (Wildman–Crippen LogP) is 2.68. The smallest absolute Gasteiger partial charge is 0.247 e. The van der Waals surface area contributed by atoms with Gasteiger partial charge in [-0.15, -0.1) is 11.6 Å². The summed E-state index contributed by atoms with van der Waals surface area (Å²) in [4.78, 5) is 11.1. The van der Waals surface area contributed by atoms with Crippen LogP contribution >= 0.6 is 27.5 Å². The highest BCUT2D eigenvalue weighted by molar-refractivity contribution is 9.10. The lowest BCUT2D eigenvalue weighted by atomic mass is 10.2. The Morgan fingerprint density at radius 1 is 1.50 bits per heavy atom. The molecule has 0 radical (unpaired) electrons. The highest BCUT2D eigenvalue weighted by atomic mass is 79.9. The first-order chi connectivity index (χ1) is 5.68. The molecule has 2 nitrogen and oxygen atoms in total. The lowest BCUT2D eigenvalue weighted by Gasteiger charge is -1.98. The van der Waals surface area contributed by atoms with Crippen molar-refractivity contribution in [1.29, 1.82) is 0 Å². The van der Waals surface area contributed by atoms with Crippen molar-refractivity contribution < 1.29 is 4.79 Å². The lowest BCUT2D eigenvalue weighted by Crippen LogP contribution is -2.06. The number of hydrogen-bond acceptors (Lipinski definition) is 1. The van der Waals surface area contributed by atoms with E-state index in [1.165, 1.54) is 0 Å². The number of nitrogens with one attached hydrogen (secondary N) is 1. The van der Waals surface area contributed by atoms with Crippen LogP contribution in [-0.4, -0.2) is 5.91 Å². The summed E-state index contributed by atoms with van der Waals surface area (Å²) in [5, 5.41) is 2.14. The standard InChI is InChI=1S/C8H5BrClNO/c9-4-1-2-6-5(3-4)7(10)8(12)11-6/h1-3,7H,(H,11,12). The van der Waals surface area contributed by atoms with Gasteiger partial charge >= 0.3 is 0 Å². The third-order valence-corrected chi connectivity index (χ3v) is 2.70. The third-order valence-electron chi connectivity index (χ3n) is 1.77. The number of rotatable bonds is 0. The Hall–Kier alpha value is -0.540. The monoisotopic (exact) mass is 245 g/mol. The highest BCUT2D eigenvalue weighted by Crippen LogP contribution is 2.36. The van der Waals surface area contributed by atoms with E-state index in [1.807, 2.05) is 18.2 Å². The highest BCUT2D eigenvalue weighted by Gasteiger charge is 2.28.